The summed E-state index contributed by atoms with van der Waals surface area (Å²) in [4.78, 5) is 37.6. The molecule has 1 aromatic heterocycles. The maximum atomic E-state index is 14.1. The van der Waals surface area contributed by atoms with Crippen molar-refractivity contribution >= 4 is 29.3 Å². The van der Waals surface area contributed by atoms with Gasteiger partial charge in [0.15, 0.2) is 17.2 Å². The molecule has 0 aliphatic heterocycles. The number of hydrogen-bond acceptors (Lipinski definition) is 6. The number of aromatic nitrogens is 2. The van der Waals surface area contributed by atoms with Crippen LogP contribution < -0.4 is 0 Å². The lowest BCUT2D eigenvalue weighted by Crippen LogP contribution is -2.20. The summed E-state index contributed by atoms with van der Waals surface area (Å²) >= 11 is 5.53. The normalized spacial score (nSPS) is 13.2. The quantitative estimate of drug-likeness (QED) is 0.351. The van der Waals surface area contributed by atoms with E-state index in [-0.39, 0.29) is 30.5 Å². The minimum atomic E-state index is -1.01. The zero-order valence-electron chi connectivity index (χ0n) is 16.3. The predicted molar refractivity (Wildman–Crippen MR) is 102 cm³/mol. The maximum Gasteiger partial charge on any atom is 0.359 e. The molecule has 160 valence electrons. The highest BCUT2D eigenvalue weighted by Crippen LogP contribution is 2.44. The fourth-order valence-electron chi connectivity index (χ4n) is 3.07. The van der Waals surface area contributed by atoms with E-state index in [0.717, 1.165) is 17.5 Å². The molecule has 1 fully saturated rings. The number of ketones is 1. The van der Waals surface area contributed by atoms with Gasteiger partial charge in [0.2, 0.25) is 0 Å². The Morgan fingerprint density at radius 1 is 1.10 bits per heavy atom. The molecule has 0 unspecified atom stereocenters. The second kappa shape index (κ2) is 8.91. The van der Waals surface area contributed by atoms with Crippen molar-refractivity contribution in [2.45, 2.75) is 39.2 Å². The molecular weight excluding hydrogens is 422 g/mol. The van der Waals surface area contributed by atoms with E-state index in [2.05, 4.69) is 5.10 Å². The molecule has 7 nitrogen and oxygen atoms in total. The van der Waals surface area contributed by atoms with Gasteiger partial charge >= 0.3 is 11.9 Å². The third-order valence-corrected chi connectivity index (χ3v) is 4.81. The largest absolute Gasteiger partial charge is 0.461 e. The molecule has 0 spiro atoms. The summed E-state index contributed by atoms with van der Waals surface area (Å²) in [6, 6.07) is 1.38. The Morgan fingerprint density at radius 2 is 1.73 bits per heavy atom. The van der Waals surface area contributed by atoms with Gasteiger partial charge in [0.25, 0.3) is 0 Å². The Hall–Kier alpha value is -2.81. The lowest BCUT2D eigenvalue weighted by Gasteiger charge is -2.09. The molecule has 1 saturated carbocycles. The fraction of sp³-hybridized carbons (Fsp3) is 0.400. The molecule has 1 aliphatic carbocycles. The van der Waals surface area contributed by atoms with Crippen molar-refractivity contribution in [2.24, 2.45) is 0 Å². The first-order valence-corrected chi connectivity index (χ1v) is 9.78. The highest BCUT2D eigenvalue weighted by Gasteiger charge is 2.38. The van der Waals surface area contributed by atoms with Crippen molar-refractivity contribution < 1.29 is 32.6 Å². The predicted octanol–water partition coefficient (Wildman–Crippen LogP) is 3.93. The number of Topliss-reactive ketones (excluding diaryl/α,β-unsaturated/α-hetero) is 1. The smallest absolute Gasteiger partial charge is 0.359 e. The van der Waals surface area contributed by atoms with Gasteiger partial charge < -0.3 is 9.47 Å². The number of carbonyl (C=O) groups excluding carboxylic acids is 3. The van der Waals surface area contributed by atoms with Crippen LogP contribution in [-0.2, 0) is 16.0 Å². The van der Waals surface area contributed by atoms with Crippen LogP contribution in [0.4, 0.5) is 8.78 Å². The van der Waals surface area contributed by atoms with Gasteiger partial charge in [0, 0.05) is 5.56 Å². The first kappa shape index (κ1) is 21.9. The third kappa shape index (κ3) is 4.35. The summed E-state index contributed by atoms with van der Waals surface area (Å²) < 4.78 is 39.0. The van der Waals surface area contributed by atoms with E-state index in [1.54, 1.807) is 13.8 Å². The third-order valence-electron chi connectivity index (χ3n) is 4.52. The average Bonchev–Trinajstić information content (AvgIpc) is 3.46. The minimum Gasteiger partial charge on any atom is -0.461 e. The van der Waals surface area contributed by atoms with Crippen LogP contribution >= 0.6 is 11.6 Å². The van der Waals surface area contributed by atoms with Gasteiger partial charge in [-0.15, -0.1) is 0 Å². The summed E-state index contributed by atoms with van der Waals surface area (Å²) in [6.07, 6.45) is 1.46. The summed E-state index contributed by atoms with van der Waals surface area (Å²) in [5.41, 5.74) is -0.348. The number of esters is 2. The molecule has 2 aromatic rings. The Bertz CT molecular complexity index is 1020. The topological polar surface area (TPSA) is 87.5 Å². The van der Waals surface area contributed by atoms with Crippen LogP contribution in [0.3, 0.4) is 0 Å². The number of benzene rings is 1. The molecule has 1 aromatic carbocycles. The molecule has 0 N–H and O–H groups in total. The van der Waals surface area contributed by atoms with E-state index in [1.165, 1.54) is 0 Å². The van der Waals surface area contributed by atoms with Gasteiger partial charge in [-0.1, -0.05) is 11.6 Å². The Labute approximate surface area is 175 Å². The number of nitrogens with zero attached hydrogens (tertiary/aromatic N) is 2. The van der Waals surface area contributed by atoms with E-state index in [0.29, 0.717) is 17.7 Å². The molecule has 1 heterocycles. The molecule has 30 heavy (non-hydrogen) atoms. The van der Waals surface area contributed by atoms with Crippen LogP contribution in [0, 0.1) is 11.6 Å². The molecule has 0 bridgehead atoms. The molecule has 10 heteroatoms. The Morgan fingerprint density at radius 3 is 2.33 bits per heavy atom. The maximum absolute atomic E-state index is 14.1. The van der Waals surface area contributed by atoms with E-state index < -0.39 is 46.5 Å². The van der Waals surface area contributed by atoms with E-state index in [4.69, 9.17) is 21.1 Å². The van der Waals surface area contributed by atoms with E-state index >= 15 is 0 Å². The molecular formula is C20H19ClF2N2O5. The standard InChI is InChI=1S/C20H19ClF2N2O5/c1-3-29-19(27)17-16(10-5-6-10)18(20(28)30-4-2)25(24-17)9-15(26)11-7-14(23)12(21)8-13(11)22/h7-8,10H,3-6,9H2,1-2H3. The van der Waals surface area contributed by atoms with Crippen molar-refractivity contribution in [1.29, 1.82) is 0 Å². The van der Waals surface area contributed by atoms with Crippen molar-refractivity contribution in [3.05, 3.63) is 51.3 Å². The van der Waals surface area contributed by atoms with Crippen molar-refractivity contribution in [3.63, 3.8) is 0 Å². The monoisotopic (exact) mass is 440 g/mol. The zero-order valence-corrected chi connectivity index (χ0v) is 17.1. The van der Waals surface area contributed by atoms with Crippen LogP contribution in [0.15, 0.2) is 12.1 Å². The van der Waals surface area contributed by atoms with Gasteiger partial charge in [-0.2, -0.15) is 5.10 Å². The Kier molecular flexibility index (Phi) is 6.50. The molecule has 0 saturated heterocycles. The van der Waals surface area contributed by atoms with E-state index in [9.17, 15) is 23.2 Å². The van der Waals surface area contributed by atoms with Crippen LogP contribution in [0.1, 0.15) is 69.5 Å². The lowest BCUT2D eigenvalue weighted by molar-refractivity contribution is 0.0505. The average molecular weight is 441 g/mol. The van der Waals surface area contributed by atoms with Gasteiger partial charge in [-0.25, -0.2) is 23.1 Å². The fourth-order valence-corrected chi connectivity index (χ4v) is 3.22. The number of ether oxygens (including phenoxy) is 2. The van der Waals surface area contributed by atoms with Crippen molar-refractivity contribution in [1.82, 2.24) is 9.78 Å². The second-order valence-electron chi connectivity index (χ2n) is 6.65. The second-order valence-corrected chi connectivity index (χ2v) is 7.06. The van der Waals surface area contributed by atoms with Gasteiger partial charge in [0.05, 0.1) is 23.8 Å². The first-order chi connectivity index (χ1) is 14.3. The highest BCUT2D eigenvalue weighted by molar-refractivity contribution is 6.30. The SMILES string of the molecule is CCOC(=O)c1nn(CC(=O)c2cc(F)c(Cl)cc2F)c(C(=O)OCC)c1C1CC1. The van der Waals surface area contributed by atoms with Gasteiger partial charge in [-0.3, -0.25) is 4.79 Å². The summed E-state index contributed by atoms with van der Waals surface area (Å²) in [5, 5.41) is 3.64. The minimum absolute atomic E-state index is 0.0633. The highest BCUT2D eigenvalue weighted by atomic mass is 35.5. The molecule has 0 atom stereocenters. The number of carbonyl (C=O) groups is 3. The van der Waals surface area contributed by atoms with Crippen LogP contribution in [0.5, 0.6) is 0 Å². The van der Waals surface area contributed by atoms with Crippen LogP contribution in [0.25, 0.3) is 0 Å². The van der Waals surface area contributed by atoms with E-state index in [1.807, 2.05) is 0 Å². The van der Waals surface area contributed by atoms with Crippen LogP contribution in [-0.4, -0.2) is 40.7 Å². The Balaban J connectivity index is 2.06. The summed E-state index contributed by atoms with van der Waals surface area (Å²) in [6.45, 7) is 2.79. The first-order valence-electron chi connectivity index (χ1n) is 9.41. The molecule has 0 radical (unpaired) electrons. The molecule has 1 aliphatic rings. The molecule has 3 rings (SSSR count). The van der Waals surface area contributed by atoms with Gasteiger partial charge in [-0.05, 0) is 44.7 Å². The van der Waals surface area contributed by atoms with Crippen LogP contribution in [0.2, 0.25) is 5.02 Å². The number of hydrogen-bond donors (Lipinski definition) is 0. The summed E-state index contributed by atoms with van der Waals surface area (Å²) in [7, 11) is 0. The van der Waals surface area contributed by atoms with Crippen molar-refractivity contribution in [2.75, 3.05) is 13.2 Å². The zero-order chi connectivity index (χ0) is 22.0. The van der Waals surface area contributed by atoms with Crippen molar-refractivity contribution in [3.8, 4) is 0 Å². The summed E-state index contributed by atoms with van der Waals surface area (Å²) in [5.74, 6) is -4.42. The number of rotatable bonds is 8. The molecule has 0 amide bonds. The lowest BCUT2D eigenvalue weighted by atomic mass is 10.1. The number of halogens is 3. The van der Waals surface area contributed by atoms with Gasteiger partial charge in [0.1, 0.15) is 18.2 Å².